The van der Waals surface area contributed by atoms with Gasteiger partial charge in [0.15, 0.2) is 0 Å². The van der Waals surface area contributed by atoms with Crippen molar-refractivity contribution >= 4 is 11.9 Å². The molecule has 0 N–H and O–H groups in total. The van der Waals surface area contributed by atoms with Gasteiger partial charge >= 0.3 is 6.09 Å². The van der Waals surface area contributed by atoms with Gasteiger partial charge in [-0.3, -0.25) is 0 Å². The largest absolute Gasteiger partial charge is 0.444 e. The second-order valence-electron chi connectivity index (χ2n) is 2.92. The fraction of sp³-hybridized carbons (Fsp3) is 0.556. The Bertz CT molecular complexity index is 236. The van der Waals surface area contributed by atoms with Gasteiger partial charge in [0.25, 0.3) is 0 Å². The van der Waals surface area contributed by atoms with Crippen LogP contribution < -0.4 is 0 Å². The Balaban J connectivity index is 2.44. The Morgan fingerprint density at radius 3 is 3.15 bits per heavy atom. The minimum Gasteiger partial charge on any atom is -0.444 e. The third-order valence-electron chi connectivity index (χ3n) is 1.88. The van der Waals surface area contributed by atoms with E-state index in [1.807, 2.05) is 11.9 Å². The lowest BCUT2D eigenvalue weighted by atomic mass is 10.4. The lowest BCUT2D eigenvalue weighted by Crippen LogP contribution is -2.20. The summed E-state index contributed by atoms with van der Waals surface area (Å²) in [5.41, 5.74) is 0. The van der Waals surface area contributed by atoms with Gasteiger partial charge in [-0.15, -0.1) is 0 Å². The number of rotatable bonds is 2. The molecule has 1 amide bonds. The first-order chi connectivity index (χ1) is 6.24. The first kappa shape index (κ1) is 9.77. The maximum Gasteiger partial charge on any atom is 0.435 e. The van der Waals surface area contributed by atoms with E-state index in [0.717, 1.165) is 25.2 Å². The number of ether oxygens (including phenoxy) is 1. The van der Waals surface area contributed by atoms with Crippen LogP contribution in [0.2, 0.25) is 0 Å². The minimum absolute atomic E-state index is 0.222. The molecule has 0 atom stereocenters. The zero-order valence-corrected chi connectivity index (χ0v) is 7.82. The highest BCUT2D eigenvalue weighted by molar-refractivity contribution is 5.92. The summed E-state index contributed by atoms with van der Waals surface area (Å²) in [6.45, 7) is 4.63. The SMILES string of the molecule is C=CCOC(=O)N=C1CCCN1C. The summed E-state index contributed by atoms with van der Waals surface area (Å²) >= 11 is 0. The topological polar surface area (TPSA) is 41.9 Å². The lowest BCUT2D eigenvalue weighted by molar-refractivity contribution is 0.169. The third kappa shape index (κ3) is 2.89. The molecule has 0 unspecified atom stereocenters. The summed E-state index contributed by atoms with van der Waals surface area (Å²) in [6, 6.07) is 0. The molecule has 0 aliphatic carbocycles. The van der Waals surface area contributed by atoms with E-state index >= 15 is 0 Å². The summed E-state index contributed by atoms with van der Waals surface area (Å²) in [5, 5.41) is 0. The zero-order valence-electron chi connectivity index (χ0n) is 7.82. The van der Waals surface area contributed by atoms with Crippen LogP contribution in [-0.2, 0) is 4.74 Å². The number of likely N-dealkylation sites (tertiary alicyclic amines) is 1. The van der Waals surface area contributed by atoms with Crippen LogP contribution >= 0.6 is 0 Å². The van der Waals surface area contributed by atoms with E-state index < -0.39 is 6.09 Å². The molecule has 0 aromatic heterocycles. The highest BCUT2D eigenvalue weighted by Gasteiger charge is 2.15. The van der Waals surface area contributed by atoms with E-state index in [1.165, 1.54) is 6.08 Å². The molecule has 13 heavy (non-hydrogen) atoms. The molecule has 0 aromatic carbocycles. The average Bonchev–Trinajstić information content (AvgIpc) is 2.48. The quantitative estimate of drug-likeness (QED) is 0.607. The summed E-state index contributed by atoms with van der Waals surface area (Å²) in [5.74, 6) is 0.814. The van der Waals surface area contributed by atoms with Crippen LogP contribution in [0.5, 0.6) is 0 Å². The molecule has 0 radical (unpaired) electrons. The van der Waals surface area contributed by atoms with E-state index in [-0.39, 0.29) is 6.61 Å². The van der Waals surface area contributed by atoms with Crippen LogP contribution in [0.15, 0.2) is 17.6 Å². The molecular weight excluding hydrogens is 168 g/mol. The molecule has 4 heteroatoms. The summed E-state index contributed by atoms with van der Waals surface area (Å²) in [7, 11) is 1.92. The van der Waals surface area contributed by atoms with Gasteiger partial charge in [-0.25, -0.2) is 4.79 Å². The fourth-order valence-electron chi connectivity index (χ4n) is 1.20. The van der Waals surface area contributed by atoms with Gasteiger partial charge in [-0.1, -0.05) is 12.7 Å². The lowest BCUT2D eigenvalue weighted by Gasteiger charge is -2.09. The number of nitrogens with zero attached hydrogens (tertiary/aromatic N) is 2. The van der Waals surface area contributed by atoms with Gasteiger partial charge < -0.3 is 9.64 Å². The zero-order chi connectivity index (χ0) is 9.68. The number of hydrogen-bond donors (Lipinski definition) is 0. The summed E-state index contributed by atoms with van der Waals surface area (Å²) in [4.78, 5) is 16.8. The van der Waals surface area contributed by atoms with E-state index in [1.54, 1.807) is 0 Å². The molecule has 1 rings (SSSR count). The molecule has 0 bridgehead atoms. The van der Waals surface area contributed by atoms with E-state index in [2.05, 4.69) is 11.6 Å². The van der Waals surface area contributed by atoms with Gasteiger partial charge in [0.2, 0.25) is 0 Å². The van der Waals surface area contributed by atoms with Gasteiger partial charge in [-0.05, 0) is 6.42 Å². The minimum atomic E-state index is -0.524. The van der Waals surface area contributed by atoms with Crippen molar-refractivity contribution in [3.63, 3.8) is 0 Å². The van der Waals surface area contributed by atoms with Crippen LogP contribution in [0.4, 0.5) is 4.79 Å². The van der Waals surface area contributed by atoms with E-state index in [0.29, 0.717) is 0 Å². The maximum atomic E-state index is 11.0. The van der Waals surface area contributed by atoms with Crippen molar-refractivity contribution in [1.82, 2.24) is 4.90 Å². The molecule has 0 aromatic rings. The van der Waals surface area contributed by atoms with Gasteiger partial charge in [0, 0.05) is 20.0 Å². The normalized spacial score (nSPS) is 19.2. The maximum absolute atomic E-state index is 11.0. The van der Waals surface area contributed by atoms with Crippen LogP contribution in [0.25, 0.3) is 0 Å². The predicted molar refractivity (Wildman–Crippen MR) is 50.8 cm³/mol. The average molecular weight is 182 g/mol. The van der Waals surface area contributed by atoms with Crippen molar-refractivity contribution in [1.29, 1.82) is 0 Å². The van der Waals surface area contributed by atoms with Gasteiger partial charge in [0.05, 0.1) is 0 Å². The number of aliphatic imine (C=N–C) groups is 1. The number of carbonyl (C=O) groups is 1. The van der Waals surface area contributed by atoms with Crippen LogP contribution in [0.3, 0.4) is 0 Å². The Labute approximate surface area is 77.9 Å². The van der Waals surface area contributed by atoms with Crippen LogP contribution in [-0.4, -0.2) is 37.0 Å². The van der Waals surface area contributed by atoms with Crippen LogP contribution in [0.1, 0.15) is 12.8 Å². The van der Waals surface area contributed by atoms with Crippen molar-refractivity contribution in [2.45, 2.75) is 12.8 Å². The highest BCUT2D eigenvalue weighted by Crippen LogP contribution is 2.08. The number of amidine groups is 1. The number of carbonyl (C=O) groups excluding carboxylic acids is 1. The monoisotopic (exact) mass is 182 g/mol. The Morgan fingerprint density at radius 2 is 2.62 bits per heavy atom. The predicted octanol–water partition coefficient (Wildman–Crippen LogP) is 1.43. The standard InChI is InChI=1S/C9H14N2O2/c1-3-7-13-9(12)10-8-5-4-6-11(8)2/h3H,1,4-7H2,2H3. The van der Waals surface area contributed by atoms with Crippen molar-refractivity contribution in [3.8, 4) is 0 Å². The highest BCUT2D eigenvalue weighted by atomic mass is 16.5. The van der Waals surface area contributed by atoms with Gasteiger partial charge in [0.1, 0.15) is 12.4 Å². The number of amides is 1. The smallest absolute Gasteiger partial charge is 0.435 e. The molecule has 1 fully saturated rings. The number of hydrogen-bond acceptors (Lipinski definition) is 2. The molecule has 4 nitrogen and oxygen atoms in total. The molecule has 0 spiro atoms. The van der Waals surface area contributed by atoms with Crippen molar-refractivity contribution in [3.05, 3.63) is 12.7 Å². The van der Waals surface area contributed by atoms with E-state index in [9.17, 15) is 4.79 Å². The summed E-state index contributed by atoms with van der Waals surface area (Å²) < 4.78 is 4.73. The molecule has 1 saturated heterocycles. The molecule has 1 heterocycles. The third-order valence-corrected chi connectivity index (χ3v) is 1.88. The molecule has 1 aliphatic rings. The Kier molecular flexibility index (Phi) is 3.49. The first-order valence-corrected chi connectivity index (χ1v) is 4.30. The second-order valence-corrected chi connectivity index (χ2v) is 2.92. The van der Waals surface area contributed by atoms with Crippen molar-refractivity contribution < 1.29 is 9.53 Å². The van der Waals surface area contributed by atoms with Crippen LogP contribution in [0, 0.1) is 0 Å². The molecular formula is C9H14N2O2. The van der Waals surface area contributed by atoms with Gasteiger partial charge in [-0.2, -0.15) is 4.99 Å². The first-order valence-electron chi connectivity index (χ1n) is 4.30. The van der Waals surface area contributed by atoms with Crippen molar-refractivity contribution in [2.24, 2.45) is 4.99 Å². The summed E-state index contributed by atoms with van der Waals surface area (Å²) in [6.07, 6.45) is 2.92. The second kappa shape index (κ2) is 4.64. The molecule has 0 saturated carbocycles. The van der Waals surface area contributed by atoms with E-state index in [4.69, 9.17) is 4.74 Å². The molecule has 1 aliphatic heterocycles. The Hall–Kier alpha value is -1.32. The van der Waals surface area contributed by atoms with Crippen molar-refractivity contribution in [2.75, 3.05) is 20.2 Å². The Morgan fingerprint density at radius 1 is 1.85 bits per heavy atom. The fourth-order valence-corrected chi connectivity index (χ4v) is 1.20. The molecule has 72 valence electrons.